The van der Waals surface area contributed by atoms with Gasteiger partial charge in [-0.25, -0.2) is 0 Å². The highest BCUT2D eigenvalue weighted by molar-refractivity contribution is 5.01. The molecule has 0 spiro atoms. The van der Waals surface area contributed by atoms with Gasteiger partial charge < -0.3 is 10.2 Å². The molecular weight excluding hydrogens is 196 g/mol. The Morgan fingerprint density at radius 2 is 2.31 bits per heavy atom. The fraction of sp³-hybridized carbons (Fsp3) is 0.857. The fourth-order valence-electron chi connectivity index (χ4n) is 2.87. The highest BCUT2D eigenvalue weighted by Crippen LogP contribution is 2.40. The number of terminal acetylenes is 1. The molecule has 1 saturated carbocycles. The Balaban J connectivity index is 1.85. The lowest BCUT2D eigenvalue weighted by Gasteiger charge is -2.33. The van der Waals surface area contributed by atoms with E-state index < -0.39 is 0 Å². The molecule has 16 heavy (non-hydrogen) atoms. The summed E-state index contributed by atoms with van der Waals surface area (Å²) < 4.78 is 0. The molecule has 0 amide bonds. The Morgan fingerprint density at radius 1 is 1.50 bits per heavy atom. The second kappa shape index (κ2) is 5.21. The van der Waals surface area contributed by atoms with Crippen molar-refractivity contribution in [2.24, 2.45) is 5.92 Å². The van der Waals surface area contributed by atoms with Crippen molar-refractivity contribution in [2.45, 2.75) is 44.6 Å². The molecule has 90 valence electrons. The third-order valence-electron chi connectivity index (χ3n) is 4.01. The van der Waals surface area contributed by atoms with Crippen LogP contribution in [0.15, 0.2) is 0 Å². The van der Waals surface area contributed by atoms with Crippen LogP contribution in [0.1, 0.15) is 39.0 Å². The molecule has 1 saturated heterocycles. The molecule has 0 radical (unpaired) electrons. The minimum absolute atomic E-state index is 0.368. The Bertz CT molecular complexity index is 264. The van der Waals surface area contributed by atoms with Gasteiger partial charge in [-0.2, -0.15) is 0 Å². The van der Waals surface area contributed by atoms with Crippen LogP contribution in [0.4, 0.5) is 0 Å². The first-order valence-electron chi connectivity index (χ1n) is 6.65. The van der Waals surface area contributed by atoms with Crippen LogP contribution in [0.3, 0.4) is 0 Å². The van der Waals surface area contributed by atoms with Gasteiger partial charge in [0.2, 0.25) is 0 Å². The molecule has 1 atom stereocenters. The SMILES string of the molecule is C#CCCCN1CCCNC(C)(C2CC2)C1. The summed E-state index contributed by atoms with van der Waals surface area (Å²) in [6, 6.07) is 0. The molecule has 2 aliphatic rings. The van der Waals surface area contributed by atoms with E-state index in [4.69, 9.17) is 6.42 Å². The molecule has 0 bridgehead atoms. The van der Waals surface area contributed by atoms with E-state index in [1.807, 2.05) is 0 Å². The maximum absolute atomic E-state index is 5.31. The number of rotatable bonds is 4. The van der Waals surface area contributed by atoms with Crippen LogP contribution in [-0.4, -0.2) is 36.6 Å². The summed E-state index contributed by atoms with van der Waals surface area (Å²) in [5.74, 6) is 3.65. The Kier molecular flexibility index (Phi) is 3.89. The summed E-state index contributed by atoms with van der Waals surface area (Å²) in [4.78, 5) is 2.61. The minimum Gasteiger partial charge on any atom is -0.310 e. The van der Waals surface area contributed by atoms with Crippen LogP contribution < -0.4 is 5.32 Å². The summed E-state index contributed by atoms with van der Waals surface area (Å²) in [6.07, 6.45) is 11.5. The quantitative estimate of drug-likeness (QED) is 0.575. The van der Waals surface area contributed by atoms with Crippen LogP contribution in [0, 0.1) is 18.3 Å². The minimum atomic E-state index is 0.368. The summed E-state index contributed by atoms with van der Waals surface area (Å²) >= 11 is 0. The van der Waals surface area contributed by atoms with Crippen LogP contribution in [0.5, 0.6) is 0 Å². The predicted octanol–water partition coefficient (Wildman–Crippen LogP) is 1.86. The fourth-order valence-corrected chi connectivity index (χ4v) is 2.87. The van der Waals surface area contributed by atoms with Gasteiger partial charge in [-0.3, -0.25) is 0 Å². The van der Waals surface area contributed by atoms with Gasteiger partial charge in [-0.15, -0.1) is 12.3 Å². The molecule has 2 fully saturated rings. The molecule has 2 heteroatoms. The molecule has 0 aromatic rings. The average molecular weight is 220 g/mol. The van der Waals surface area contributed by atoms with E-state index >= 15 is 0 Å². The third kappa shape index (κ3) is 2.99. The smallest absolute Gasteiger partial charge is 0.0308 e. The number of nitrogens with zero attached hydrogens (tertiary/aromatic N) is 1. The van der Waals surface area contributed by atoms with E-state index in [0.717, 1.165) is 18.8 Å². The van der Waals surface area contributed by atoms with E-state index in [2.05, 4.69) is 23.1 Å². The van der Waals surface area contributed by atoms with Gasteiger partial charge in [-0.05, 0) is 58.2 Å². The summed E-state index contributed by atoms with van der Waals surface area (Å²) in [5.41, 5.74) is 0.368. The first-order valence-corrected chi connectivity index (χ1v) is 6.65. The first kappa shape index (κ1) is 12.0. The predicted molar refractivity (Wildman–Crippen MR) is 68.3 cm³/mol. The van der Waals surface area contributed by atoms with Gasteiger partial charge in [0.25, 0.3) is 0 Å². The molecule has 1 N–H and O–H groups in total. The molecule has 2 nitrogen and oxygen atoms in total. The van der Waals surface area contributed by atoms with E-state index in [1.165, 1.54) is 45.4 Å². The van der Waals surface area contributed by atoms with E-state index in [-0.39, 0.29) is 0 Å². The van der Waals surface area contributed by atoms with Crippen molar-refractivity contribution >= 4 is 0 Å². The lowest BCUT2D eigenvalue weighted by atomic mass is 9.95. The maximum atomic E-state index is 5.31. The molecule has 1 aliphatic carbocycles. The molecule has 2 rings (SSSR count). The lowest BCUT2D eigenvalue weighted by molar-refractivity contribution is 0.200. The second-order valence-electron chi connectivity index (χ2n) is 5.56. The maximum Gasteiger partial charge on any atom is 0.0308 e. The monoisotopic (exact) mass is 220 g/mol. The van der Waals surface area contributed by atoms with Crippen molar-refractivity contribution in [3.63, 3.8) is 0 Å². The number of unbranched alkanes of at least 4 members (excludes halogenated alkanes) is 1. The standard InChI is InChI=1S/C14H24N2/c1-3-4-5-10-16-11-6-9-15-14(2,12-16)13-7-8-13/h1,13,15H,4-12H2,2H3. The van der Waals surface area contributed by atoms with Crippen LogP contribution in [-0.2, 0) is 0 Å². The van der Waals surface area contributed by atoms with Crippen LogP contribution >= 0.6 is 0 Å². The molecule has 0 aromatic carbocycles. The zero-order valence-electron chi connectivity index (χ0n) is 10.5. The van der Waals surface area contributed by atoms with Gasteiger partial charge in [0.1, 0.15) is 0 Å². The lowest BCUT2D eigenvalue weighted by Crippen LogP contribution is -2.51. The van der Waals surface area contributed by atoms with Crippen molar-refractivity contribution < 1.29 is 0 Å². The number of nitrogens with one attached hydrogen (secondary N) is 1. The van der Waals surface area contributed by atoms with Crippen molar-refractivity contribution in [2.75, 3.05) is 26.2 Å². The largest absolute Gasteiger partial charge is 0.310 e. The van der Waals surface area contributed by atoms with Gasteiger partial charge in [0.15, 0.2) is 0 Å². The Hall–Kier alpha value is -0.520. The van der Waals surface area contributed by atoms with Crippen LogP contribution in [0.25, 0.3) is 0 Å². The molecule has 1 aliphatic heterocycles. The van der Waals surface area contributed by atoms with E-state index in [1.54, 1.807) is 0 Å². The first-order chi connectivity index (χ1) is 7.74. The number of hydrogen-bond acceptors (Lipinski definition) is 2. The van der Waals surface area contributed by atoms with Crippen molar-refractivity contribution in [1.82, 2.24) is 10.2 Å². The van der Waals surface area contributed by atoms with Crippen molar-refractivity contribution in [1.29, 1.82) is 0 Å². The summed E-state index contributed by atoms with van der Waals surface area (Å²) in [7, 11) is 0. The zero-order valence-corrected chi connectivity index (χ0v) is 10.5. The average Bonchev–Trinajstić information content (AvgIpc) is 3.06. The third-order valence-corrected chi connectivity index (χ3v) is 4.01. The Labute approximate surface area is 99.8 Å². The Morgan fingerprint density at radius 3 is 3.00 bits per heavy atom. The van der Waals surface area contributed by atoms with Crippen molar-refractivity contribution in [3.8, 4) is 12.3 Å². The highest BCUT2D eigenvalue weighted by atomic mass is 15.2. The van der Waals surface area contributed by atoms with Gasteiger partial charge in [0.05, 0.1) is 0 Å². The zero-order chi connectivity index (χ0) is 11.4. The van der Waals surface area contributed by atoms with Crippen LogP contribution in [0.2, 0.25) is 0 Å². The highest BCUT2D eigenvalue weighted by Gasteiger charge is 2.42. The molecule has 1 unspecified atom stereocenters. The molecule has 1 heterocycles. The number of hydrogen-bond donors (Lipinski definition) is 1. The van der Waals surface area contributed by atoms with E-state index in [9.17, 15) is 0 Å². The van der Waals surface area contributed by atoms with Gasteiger partial charge >= 0.3 is 0 Å². The topological polar surface area (TPSA) is 15.3 Å². The van der Waals surface area contributed by atoms with Crippen molar-refractivity contribution in [3.05, 3.63) is 0 Å². The normalized spacial score (nSPS) is 32.0. The van der Waals surface area contributed by atoms with E-state index in [0.29, 0.717) is 5.54 Å². The summed E-state index contributed by atoms with van der Waals surface area (Å²) in [5, 5.41) is 3.76. The molecule has 0 aromatic heterocycles. The second-order valence-corrected chi connectivity index (χ2v) is 5.56. The van der Waals surface area contributed by atoms with Gasteiger partial charge in [-0.1, -0.05) is 0 Å². The molecular formula is C14H24N2. The van der Waals surface area contributed by atoms with Gasteiger partial charge in [0, 0.05) is 18.5 Å². The summed E-state index contributed by atoms with van der Waals surface area (Å²) in [6.45, 7) is 7.21.